The standard InChI is InChI=1S/C45H42ClN5O7S/c1-27-32(17-18-36(41(27)46)56-22-21-51(2)3)39-40-38(25-48-42(39)29-12-10-13-31(23-29)54-4)59-50-44(40)58-37(45(52)53)24-28-11-6-8-15-34(28)57-26-30-19-20-47-43(49-30)33-14-7-9-16-35(33)55-5/h6-20,23,25,37H,21-22,24,26H2,1-5H3,(H,52,53). The molecule has 4 aromatic carbocycles. The van der Waals surface area contributed by atoms with E-state index in [4.69, 9.17) is 45.3 Å². The van der Waals surface area contributed by atoms with Crippen molar-refractivity contribution in [3.8, 4) is 62.7 Å². The van der Waals surface area contributed by atoms with Crippen LogP contribution in [0.25, 0.3) is 43.9 Å². The number of ether oxygens (including phenoxy) is 5. The van der Waals surface area contributed by atoms with Crippen LogP contribution in [0.4, 0.5) is 0 Å². The van der Waals surface area contributed by atoms with Gasteiger partial charge in [0.05, 0.1) is 46.3 Å². The van der Waals surface area contributed by atoms with Gasteiger partial charge in [-0.05, 0) is 91.7 Å². The zero-order valence-corrected chi connectivity index (χ0v) is 34.7. The second-order valence-corrected chi connectivity index (χ2v) is 14.9. The maximum absolute atomic E-state index is 13.0. The Kier molecular flexibility index (Phi) is 12.9. The summed E-state index contributed by atoms with van der Waals surface area (Å²) in [5.74, 6) is 1.84. The van der Waals surface area contributed by atoms with E-state index in [1.54, 1.807) is 38.7 Å². The van der Waals surface area contributed by atoms with Gasteiger partial charge in [0.1, 0.15) is 36.2 Å². The molecule has 0 aliphatic carbocycles. The number of para-hydroxylation sites is 2. The number of rotatable bonds is 17. The summed E-state index contributed by atoms with van der Waals surface area (Å²) in [4.78, 5) is 29.1. The van der Waals surface area contributed by atoms with Crippen LogP contribution >= 0.6 is 23.1 Å². The molecule has 7 rings (SSSR count). The van der Waals surface area contributed by atoms with Gasteiger partial charge in [0.15, 0.2) is 5.82 Å². The molecule has 0 saturated carbocycles. The van der Waals surface area contributed by atoms with E-state index in [9.17, 15) is 9.90 Å². The first-order valence-corrected chi connectivity index (χ1v) is 19.9. The highest BCUT2D eigenvalue weighted by molar-refractivity contribution is 7.13. The minimum Gasteiger partial charge on any atom is -0.497 e. The Morgan fingerprint density at radius 2 is 1.68 bits per heavy atom. The number of benzene rings is 4. The molecule has 0 aliphatic heterocycles. The van der Waals surface area contributed by atoms with E-state index in [-0.39, 0.29) is 18.9 Å². The van der Waals surface area contributed by atoms with E-state index in [0.29, 0.717) is 73.1 Å². The predicted molar refractivity (Wildman–Crippen MR) is 229 cm³/mol. The Labute approximate surface area is 351 Å². The van der Waals surface area contributed by atoms with Gasteiger partial charge in [-0.3, -0.25) is 4.98 Å². The van der Waals surface area contributed by atoms with Crippen molar-refractivity contribution in [3.05, 3.63) is 125 Å². The number of hydrogen-bond donors (Lipinski definition) is 1. The SMILES string of the molecule is COc1cccc(-c2ncc3snc(OC(Cc4ccccc4OCc4ccnc(-c5ccccc5OC)n4)C(=O)O)c3c2-c2ccc(OCCN(C)C)c(Cl)c2C)c1. The minimum atomic E-state index is -1.33. The summed E-state index contributed by atoms with van der Waals surface area (Å²) in [5.41, 5.74) is 5.61. The van der Waals surface area contributed by atoms with Gasteiger partial charge in [-0.1, -0.05) is 60.1 Å². The van der Waals surface area contributed by atoms with Crippen molar-refractivity contribution in [1.29, 1.82) is 0 Å². The van der Waals surface area contributed by atoms with Crippen LogP contribution in [0.15, 0.2) is 103 Å². The minimum absolute atomic E-state index is 0.0201. The van der Waals surface area contributed by atoms with E-state index >= 15 is 0 Å². The number of carboxylic acids is 1. The highest BCUT2D eigenvalue weighted by Gasteiger charge is 2.28. The molecule has 0 fully saturated rings. The van der Waals surface area contributed by atoms with Crippen molar-refractivity contribution < 1.29 is 33.6 Å². The van der Waals surface area contributed by atoms with Crippen LogP contribution in [0.1, 0.15) is 16.8 Å². The summed E-state index contributed by atoms with van der Waals surface area (Å²) in [6.45, 7) is 3.21. The number of carboxylic acid groups (broad SMARTS) is 1. The molecule has 1 atom stereocenters. The lowest BCUT2D eigenvalue weighted by atomic mass is 9.93. The Bertz CT molecular complexity index is 2600. The molecule has 1 N–H and O–H groups in total. The monoisotopic (exact) mass is 831 g/mol. The Morgan fingerprint density at radius 1 is 0.881 bits per heavy atom. The fraction of sp³-hybridized carbons (Fsp3) is 0.222. The Balaban J connectivity index is 1.22. The lowest BCUT2D eigenvalue weighted by Crippen LogP contribution is -2.29. The second-order valence-electron chi connectivity index (χ2n) is 13.8. The number of pyridine rings is 1. The van der Waals surface area contributed by atoms with Crippen LogP contribution in [0.2, 0.25) is 5.02 Å². The number of halogens is 1. The number of likely N-dealkylation sites (N-methyl/N-ethyl adjacent to an activating group) is 1. The van der Waals surface area contributed by atoms with Gasteiger partial charge in [-0.15, -0.1) is 0 Å². The molecule has 0 amide bonds. The largest absolute Gasteiger partial charge is 0.497 e. The number of nitrogens with zero attached hydrogens (tertiary/aromatic N) is 5. The van der Waals surface area contributed by atoms with E-state index in [1.807, 2.05) is 105 Å². The van der Waals surface area contributed by atoms with Crippen LogP contribution in [0, 0.1) is 6.92 Å². The first kappa shape index (κ1) is 40.9. The summed E-state index contributed by atoms with van der Waals surface area (Å²) in [6.07, 6.45) is 2.03. The molecule has 0 radical (unpaired) electrons. The van der Waals surface area contributed by atoms with E-state index in [0.717, 1.165) is 28.8 Å². The summed E-state index contributed by atoms with van der Waals surface area (Å²) in [5, 5.41) is 11.7. The van der Waals surface area contributed by atoms with Gasteiger partial charge in [0.25, 0.3) is 0 Å². The molecule has 302 valence electrons. The number of fused-ring (bicyclic) bond motifs is 1. The van der Waals surface area contributed by atoms with Gasteiger partial charge in [-0.25, -0.2) is 14.8 Å². The second kappa shape index (κ2) is 18.5. The summed E-state index contributed by atoms with van der Waals surface area (Å²) in [7, 11) is 7.16. The normalized spacial score (nSPS) is 11.7. The third kappa shape index (κ3) is 9.23. The number of carbonyl (C=O) groups is 1. The highest BCUT2D eigenvalue weighted by Crippen LogP contribution is 2.46. The third-order valence-corrected chi connectivity index (χ3v) is 10.8. The van der Waals surface area contributed by atoms with Crippen molar-refractivity contribution in [3.63, 3.8) is 0 Å². The van der Waals surface area contributed by atoms with E-state index < -0.39 is 12.1 Å². The van der Waals surface area contributed by atoms with Crippen molar-refractivity contribution in [2.24, 2.45) is 0 Å². The maximum atomic E-state index is 13.0. The molecule has 12 nitrogen and oxygen atoms in total. The van der Waals surface area contributed by atoms with Crippen LogP contribution in [0.5, 0.6) is 28.9 Å². The molecule has 0 aliphatic rings. The number of aromatic nitrogens is 4. The van der Waals surface area contributed by atoms with Crippen molar-refractivity contribution in [1.82, 2.24) is 24.2 Å². The smallest absolute Gasteiger partial charge is 0.345 e. The first-order chi connectivity index (χ1) is 28.6. The van der Waals surface area contributed by atoms with Gasteiger partial charge in [0.2, 0.25) is 12.0 Å². The molecule has 3 aromatic heterocycles. The fourth-order valence-electron chi connectivity index (χ4n) is 6.54. The van der Waals surface area contributed by atoms with Crippen LogP contribution in [-0.2, 0) is 17.8 Å². The Hall–Kier alpha value is -6.28. The zero-order valence-electron chi connectivity index (χ0n) is 33.1. The highest BCUT2D eigenvalue weighted by atomic mass is 35.5. The van der Waals surface area contributed by atoms with Gasteiger partial charge >= 0.3 is 5.97 Å². The number of aliphatic carboxylic acids is 1. The van der Waals surface area contributed by atoms with Crippen LogP contribution < -0.4 is 23.7 Å². The van der Waals surface area contributed by atoms with Crippen LogP contribution in [-0.4, -0.2) is 82.9 Å². The van der Waals surface area contributed by atoms with Gasteiger partial charge < -0.3 is 33.7 Å². The average Bonchev–Trinajstić information content (AvgIpc) is 3.67. The first-order valence-electron chi connectivity index (χ1n) is 18.7. The lowest BCUT2D eigenvalue weighted by Gasteiger charge is -2.19. The quantitative estimate of drug-likeness (QED) is 0.0937. The fourth-order valence-corrected chi connectivity index (χ4v) is 7.45. The molecular formula is C45H42ClN5O7S. The molecule has 59 heavy (non-hydrogen) atoms. The summed E-state index contributed by atoms with van der Waals surface area (Å²) in [6, 6.07) is 27.9. The molecular weight excluding hydrogens is 790 g/mol. The Morgan fingerprint density at radius 3 is 2.46 bits per heavy atom. The third-order valence-electron chi connectivity index (χ3n) is 9.59. The summed E-state index contributed by atoms with van der Waals surface area (Å²) >= 11 is 8.16. The van der Waals surface area contributed by atoms with Crippen LogP contribution in [0.3, 0.4) is 0 Å². The van der Waals surface area contributed by atoms with Gasteiger partial charge in [-0.2, -0.15) is 4.37 Å². The maximum Gasteiger partial charge on any atom is 0.345 e. The summed E-state index contributed by atoms with van der Waals surface area (Å²) < 4.78 is 35.1. The molecule has 3 heterocycles. The van der Waals surface area contributed by atoms with Crippen molar-refractivity contribution in [2.75, 3.05) is 41.5 Å². The average molecular weight is 832 g/mol. The molecule has 14 heteroatoms. The molecule has 0 spiro atoms. The lowest BCUT2D eigenvalue weighted by molar-refractivity contribution is -0.145. The zero-order chi connectivity index (χ0) is 41.5. The topological polar surface area (TPSA) is 138 Å². The van der Waals surface area contributed by atoms with E-state index in [1.165, 1.54) is 11.5 Å². The van der Waals surface area contributed by atoms with Crippen molar-refractivity contribution >= 4 is 39.2 Å². The number of methoxy groups -OCH3 is 2. The molecule has 0 bridgehead atoms. The molecule has 7 aromatic rings. The molecule has 0 saturated heterocycles. The molecule has 1 unspecified atom stereocenters. The van der Waals surface area contributed by atoms with Gasteiger partial charge in [0, 0.05) is 36.5 Å². The van der Waals surface area contributed by atoms with E-state index in [2.05, 4.69) is 9.36 Å². The number of hydrogen-bond acceptors (Lipinski definition) is 12. The predicted octanol–water partition coefficient (Wildman–Crippen LogP) is 9.06. The van der Waals surface area contributed by atoms with Crippen molar-refractivity contribution in [2.45, 2.75) is 26.1 Å².